The Labute approximate surface area is 163 Å². The minimum atomic E-state index is -4.73. The van der Waals surface area contributed by atoms with Gasteiger partial charge in [0.1, 0.15) is 17.1 Å². The molecule has 0 unspecified atom stereocenters. The van der Waals surface area contributed by atoms with Crippen molar-refractivity contribution >= 4 is 21.6 Å². The minimum absolute atomic E-state index is 0.0144. The van der Waals surface area contributed by atoms with E-state index < -0.39 is 38.4 Å². The van der Waals surface area contributed by atoms with Crippen LogP contribution in [0.25, 0.3) is 0 Å². The van der Waals surface area contributed by atoms with E-state index in [0.29, 0.717) is 0 Å². The summed E-state index contributed by atoms with van der Waals surface area (Å²) in [5.41, 5.74) is -2.46. The van der Waals surface area contributed by atoms with Crippen molar-refractivity contribution in [2.45, 2.75) is 29.5 Å². The van der Waals surface area contributed by atoms with Gasteiger partial charge in [-0.15, -0.1) is 0 Å². The van der Waals surface area contributed by atoms with Crippen molar-refractivity contribution in [2.75, 3.05) is 12.4 Å². The monoisotopic (exact) mass is 432 g/mol. The Hall–Kier alpha value is -2.66. The van der Waals surface area contributed by atoms with E-state index in [2.05, 4.69) is 5.32 Å². The third-order valence-corrected chi connectivity index (χ3v) is 5.98. The maximum atomic E-state index is 13.1. The molecule has 11 heteroatoms. The van der Waals surface area contributed by atoms with Crippen molar-refractivity contribution < 1.29 is 35.5 Å². The van der Waals surface area contributed by atoms with E-state index in [4.69, 9.17) is 4.74 Å². The van der Waals surface area contributed by atoms with Crippen LogP contribution in [0.5, 0.6) is 5.75 Å². The standard InChI is InChI=1S/C18H16F4N2O4S/c1-28-15-7-6-13(29(26,27)24-17(8-9-17)18(20,21)22)10-14(15)16(25)23-12-4-2-11(19)3-5-12/h2-7,10,24H,8-9H2,1H3,(H,23,25). The summed E-state index contributed by atoms with van der Waals surface area (Å²) in [6.45, 7) is 0. The van der Waals surface area contributed by atoms with E-state index in [1.807, 2.05) is 0 Å². The lowest BCUT2D eigenvalue weighted by Crippen LogP contribution is -2.47. The van der Waals surface area contributed by atoms with Crippen molar-refractivity contribution in [1.29, 1.82) is 0 Å². The number of rotatable bonds is 6. The Kier molecular flexibility index (Phi) is 5.30. The Morgan fingerprint density at radius 3 is 2.24 bits per heavy atom. The molecule has 0 saturated heterocycles. The number of amides is 1. The van der Waals surface area contributed by atoms with Gasteiger partial charge in [-0.3, -0.25) is 4.79 Å². The van der Waals surface area contributed by atoms with Crippen molar-refractivity contribution in [3.63, 3.8) is 0 Å². The smallest absolute Gasteiger partial charge is 0.407 e. The van der Waals surface area contributed by atoms with E-state index in [9.17, 15) is 30.8 Å². The van der Waals surface area contributed by atoms with Crippen LogP contribution in [-0.4, -0.2) is 33.1 Å². The topological polar surface area (TPSA) is 84.5 Å². The van der Waals surface area contributed by atoms with Crippen molar-refractivity contribution in [1.82, 2.24) is 4.72 Å². The van der Waals surface area contributed by atoms with Gasteiger partial charge < -0.3 is 10.1 Å². The van der Waals surface area contributed by atoms with Gasteiger partial charge in [0.2, 0.25) is 10.0 Å². The number of nitrogens with one attached hydrogen (secondary N) is 2. The van der Waals surface area contributed by atoms with Gasteiger partial charge in [-0.05, 0) is 55.3 Å². The Balaban J connectivity index is 1.90. The number of sulfonamides is 1. The maximum Gasteiger partial charge on any atom is 0.407 e. The van der Waals surface area contributed by atoms with Gasteiger partial charge in [-0.25, -0.2) is 12.8 Å². The molecule has 2 N–H and O–H groups in total. The van der Waals surface area contributed by atoms with Crippen molar-refractivity contribution in [2.24, 2.45) is 0 Å². The molecule has 0 heterocycles. The van der Waals surface area contributed by atoms with Gasteiger partial charge >= 0.3 is 6.18 Å². The first-order valence-electron chi connectivity index (χ1n) is 8.33. The van der Waals surface area contributed by atoms with Gasteiger partial charge in [0, 0.05) is 5.69 Å². The van der Waals surface area contributed by atoms with Crippen LogP contribution in [0.1, 0.15) is 23.2 Å². The molecule has 0 atom stereocenters. The zero-order valence-electron chi connectivity index (χ0n) is 15.0. The average Bonchev–Trinajstić information content (AvgIpc) is 3.43. The van der Waals surface area contributed by atoms with E-state index in [0.717, 1.165) is 24.3 Å². The highest BCUT2D eigenvalue weighted by atomic mass is 32.2. The summed E-state index contributed by atoms with van der Waals surface area (Å²) in [5.74, 6) is -1.28. The van der Waals surface area contributed by atoms with E-state index in [1.165, 1.54) is 25.3 Å². The van der Waals surface area contributed by atoms with Crippen LogP contribution in [0, 0.1) is 5.82 Å². The molecule has 1 amide bonds. The maximum absolute atomic E-state index is 13.1. The third kappa shape index (κ3) is 4.35. The largest absolute Gasteiger partial charge is 0.496 e. The highest BCUT2D eigenvalue weighted by Gasteiger charge is 2.65. The summed E-state index contributed by atoms with van der Waals surface area (Å²) < 4.78 is 84.0. The summed E-state index contributed by atoms with van der Waals surface area (Å²) in [5, 5.41) is 2.44. The van der Waals surface area contributed by atoms with E-state index >= 15 is 0 Å². The number of alkyl halides is 3. The Morgan fingerprint density at radius 1 is 1.10 bits per heavy atom. The second-order valence-electron chi connectivity index (χ2n) is 6.51. The quantitative estimate of drug-likeness (QED) is 0.685. The predicted octanol–water partition coefficient (Wildman–Crippen LogP) is 3.46. The lowest BCUT2D eigenvalue weighted by atomic mass is 10.2. The molecule has 29 heavy (non-hydrogen) atoms. The number of anilines is 1. The first-order valence-corrected chi connectivity index (χ1v) is 9.81. The molecule has 0 spiro atoms. The zero-order chi connectivity index (χ0) is 21.4. The number of ether oxygens (including phenoxy) is 1. The molecule has 0 radical (unpaired) electrons. The highest BCUT2D eigenvalue weighted by molar-refractivity contribution is 7.89. The molecule has 0 bridgehead atoms. The number of halogens is 4. The third-order valence-electron chi connectivity index (χ3n) is 4.45. The number of hydrogen-bond acceptors (Lipinski definition) is 4. The molecule has 6 nitrogen and oxygen atoms in total. The molecule has 1 fully saturated rings. The molecule has 2 aromatic carbocycles. The molecule has 1 aliphatic rings. The Morgan fingerprint density at radius 2 is 1.72 bits per heavy atom. The lowest BCUT2D eigenvalue weighted by Gasteiger charge is -2.21. The summed E-state index contributed by atoms with van der Waals surface area (Å²) in [6.07, 6.45) is -5.44. The van der Waals surface area contributed by atoms with Gasteiger partial charge in [0.05, 0.1) is 17.6 Å². The van der Waals surface area contributed by atoms with Crippen LogP contribution < -0.4 is 14.8 Å². The minimum Gasteiger partial charge on any atom is -0.496 e. The van der Waals surface area contributed by atoms with E-state index in [1.54, 1.807) is 4.72 Å². The molecule has 1 saturated carbocycles. The van der Waals surface area contributed by atoms with Gasteiger partial charge in [-0.2, -0.15) is 17.9 Å². The van der Waals surface area contributed by atoms with Crippen LogP contribution >= 0.6 is 0 Å². The molecule has 2 aromatic rings. The molecule has 3 rings (SSSR count). The number of methoxy groups -OCH3 is 1. The zero-order valence-corrected chi connectivity index (χ0v) is 15.8. The first kappa shape index (κ1) is 21.1. The first-order chi connectivity index (χ1) is 13.5. The normalized spacial score (nSPS) is 15.6. The van der Waals surface area contributed by atoms with Crippen LogP contribution in [-0.2, 0) is 10.0 Å². The number of carbonyl (C=O) groups excluding carboxylic acids is 1. The van der Waals surface area contributed by atoms with E-state index in [-0.39, 0.29) is 29.8 Å². The summed E-state index contributed by atoms with van der Waals surface area (Å²) in [4.78, 5) is 12.0. The summed E-state index contributed by atoms with van der Waals surface area (Å²) in [6, 6.07) is 7.95. The van der Waals surface area contributed by atoms with Crippen molar-refractivity contribution in [3.8, 4) is 5.75 Å². The molecule has 156 valence electrons. The Bertz CT molecular complexity index is 1030. The predicted molar refractivity (Wildman–Crippen MR) is 95.7 cm³/mol. The second-order valence-corrected chi connectivity index (χ2v) is 8.19. The van der Waals surface area contributed by atoms with Gasteiger partial charge in [0.25, 0.3) is 5.91 Å². The van der Waals surface area contributed by atoms with Gasteiger partial charge in [0.15, 0.2) is 0 Å². The fourth-order valence-electron chi connectivity index (χ4n) is 2.65. The van der Waals surface area contributed by atoms with Gasteiger partial charge in [-0.1, -0.05) is 0 Å². The SMILES string of the molecule is COc1ccc(S(=O)(=O)NC2(C(F)(F)F)CC2)cc1C(=O)Nc1ccc(F)cc1. The van der Waals surface area contributed by atoms with Crippen LogP contribution in [0.4, 0.5) is 23.2 Å². The summed E-state index contributed by atoms with van der Waals surface area (Å²) >= 11 is 0. The van der Waals surface area contributed by atoms with Crippen molar-refractivity contribution in [3.05, 3.63) is 53.8 Å². The number of benzene rings is 2. The van der Waals surface area contributed by atoms with Crippen LogP contribution in [0.3, 0.4) is 0 Å². The molecule has 1 aliphatic carbocycles. The summed E-state index contributed by atoms with van der Waals surface area (Å²) in [7, 11) is -3.30. The highest BCUT2D eigenvalue weighted by Crippen LogP contribution is 2.49. The molecule has 0 aliphatic heterocycles. The lowest BCUT2D eigenvalue weighted by molar-refractivity contribution is -0.160. The van der Waals surface area contributed by atoms with Crippen LogP contribution in [0.2, 0.25) is 0 Å². The second kappa shape index (κ2) is 7.30. The number of carbonyl (C=O) groups is 1. The molecular weight excluding hydrogens is 416 g/mol. The molecule has 0 aromatic heterocycles. The fraction of sp³-hybridized carbons (Fsp3) is 0.278. The molecular formula is C18H16F4N2O4S. The fourth-order valence-corrected chi connectivity index (χ4v) is 4.12. The average molecular weight is 432 g/mol. The number of hydrogen-bond donors (Lipinski definition) is 2. The van der Waals surface area contributed by atoms with Crippen LogP contribution in [0.15, 0.2) is 47.4 Å².